The molecule has 1 rings (SSSR count). The van der Waals surface area contributed by atoms with E-state index in [4.69, 9.17) is 10.2 Å². The van der Waals surface area contributed by atoms with Crippen LogP contribution in [0.15, 0.2) is 24.3 Å². The molecule has 0 atom stereocenters. The van der Waals surface area contributed by atoms with Gasteiger partial charge in [-0.15, -0.1) is 0 Å². The highest BCUT2D eigenvalue weighted by molar-refractivity contribution is 5.75. The van der Waals surface area contributed by atoms with Crippen LogP contribution in [0.2, 0.25) is 0 Å². The highest BCUT2D eigenvalue weighted by Crippen LogP contribution is 2.14. The summed E-state index contributed by atoms with van der Waals surface area (Å²) in [6, 6.07) is 5.85. The lowest BCUT2D eigenvalue weighted by Gasteiger charge is -1.89. The number of hydrogen-bond donors (Lipinski definition) is 2. The van der Waals surface area contributed by atoms with Gasteiger partial charge < -0.3 is 10.2 Å². The maximum Gasteiger partial charge on any atom is 0.119 e. The molecule has 48 valence electrons. The van der Waals surface area contributed by atoms with Crippen molar-refractivity contribution in [1.82, 2.24) is 0 Å². The largest absolute Gasteiger partial charge is 0.508 e. The number of phenols is 2. The second-order valence-corrected chi connectivity index (χ2v) is 1.52. The Balaban J connectivity index is 0.000000640. The van der Waals surface area contributed by atoms with Gasteiger partial charge in [0.2, 0.25) is 0 Å². The Bertz CT molecular complexity index is 171. The Labute approximate surface area is 55.3 Å². The molecule has 1 aromatic carbocycles. The minimum Gasteiger partial charge on any atom is -0.508 e. The lowest BCUT2D eigenvalue weighted by atomic mass is 10.3. The van der Waals surface area contributed by atoms with Crippen molar-refractivity contribution in [3.8, 4) is 11.5 Å². The van der Waals surface area contributed by atoms with Gasteiger partial charge in [-0.05, 0) is 12.1 Å². The fourth-order valence-corrected chi connectivity index (χ4v) is 0.493. The summed E-state index contributed by atoms with van der Waals surface area (Å²) >= 11 is 0. The fraction of sp³-hybridized carbons (Fsp3) is 0. The third-order valence-electron chi connectivity index (χ3n) is 0.830. The summed E-state index contributed by atoms with van der Waals surface area (Å²) in [7, 11) is 0. The zero-order valence-corrected chi connectivity index (χ0v) is 4.20. The van der Waals surface area contributed by atoms with Gasteiger partial charge in [-0.3, -0.25) is 0 Å². The number of rotatable bonds is 0. The van der Waals surface area contributed by atoms with E-state index >= 15 is 0 Å². The average Bonchev–Trinajstić information content (AvgIpc) is 1.64. The summed E-state index contributed by atoms with van der Waals surface area (Å²) in [5, 5.41) is 17.3. The molecule has 0 aromatic heterocycles. The van der Waals surface area contributed by atoms with Crippen LogP contribution >= 0.6 is 0 Å². The van der Waals surface area contributed by atoms with Crippen molar-refractivity contribution >= 4 is 8.41 Å². The molecule has 0 radical (unpaired) electrons. The molecule has 9 heavy (non-hydrogen) atoms. The molecule has 0 aliphatic rings. The lowest BCUT2D eigenvalue weighted by molar-refractivity contribution is 0.450. The topological polar surface area (TPSA) is 40.5 Å². The minimum atomic E-state index is 0. The van der Waals surface area contributed by atoms with E-state index in [1.165, 1.54) is 18.2 Å². The fourth-order valence-electron chi connectivity index (χ4n) is 0.493. The third kappa shape index (κ3) is 2.08. The highest BCUT2D eigenvalue weighted by atomic mass is 16.3. The van der Waals surface area contributed by atoms with Crippen molar-refractivity contribution in [1.29, 1.82) is 0 Å². The van der Waals surface area contributed by atoms with Crippen LogP contribution in [0.3, 0.4) is 0 Å². The van der Waals surface area contributed by atoms with Crippen LogP contribution in [-0.2, 0) is 0 Å². The summed E-state index contributed by atoms with van der Waals surface area (Å²) in [5.41, 5.74) is 0. The Kier molecular flexibility index (Phi) is 2.65. The monoisotopic (exact) mass is 124 g/mol. The minimum absolute atomic E-state index is 0. The molecular weight excluding hydrogens is 115 g/mol. The number of hydrogen-bond acceptors (Lipinski definition) is 2. The molecule has 0 spiro atoms. The van der Waals surface area contributed by atoms with E-state index in [2.05, 4.69) is 0 Å². The molecule has 0 heterocycles. The zero-order valence-electron chi connectivity index (χ0n) is 4.20. The molecule has 0 bridgehead atoms. The SMILES string of the molecule is B.Oc1cccc(O)c1. The Morgan fingerprint density at radius 2 is 1.44 bits per heavy atom. The first-order valence-corrected chi connectivity index (χ1v) is 2.27. The molecule has 0 fully saturated rings. The summed E-state index contributed by atoms with van der Waals surface area (Å²) in [6.07, 6.45) is 0. The van der Waals surface area contributed by atoms with Gasteiger partial charge in [0.25, 0.3) is 0 Å². The molecule has 0 amide bonds. The van der Waals surface area contributed by atoms with Crippen molar-refractivity contribution in [3.63, 3.8) is 0 Å². The van der Waals surface area contributed by atoms with Crippen molar-refractivity contribution in [2.24, 2.45) is 0 Å². The van der Waals surface area contributed by atoms with E-state index < -0.39 is 0 Å². The van der Waals surface area contributed by atoms with Gasteiger partial charge in [0.15, 0.2) is 0 Å². The molecule has 1 aromatic rings. The van der Waals surface area contributed by atoms with Crippen LogP contribution in [0.25, 0.3) is 0 Å². The normalized spacial score (nSPS) is 8.00. The zero-order chi connectivity index (χ0) is 5.98. The lowest BCUT2D eigenvalue weighted by Crippen LogP contribution is -1.61. The molecule has 0 aliphatic heterocycles. The van der Waals surface area contributed by atoms with Gasteiger partial charge in [-0.25, -0.2) is 0 Å². The average molecular weight is 124 g/mol. The standard InChI is InChI=1S/C6H6O2.BH3/c7-5-2-1-3-6(8)4-5;/h1-4,7-8H;1H3. The second-order valence-electron chi connectivity index (χ2n) is 1.52. The first-order chi connectivity index (χ1) is 3.79. The molecule has 0 unspecified atom stereocenters. The van der Waals surface area contributed by atoms with Crippen LogP contribution < -0.4 is 0 Å². The number of phenolic OH excluding ortho intramolecular Hbond substituents is 2. The third-order valence-corrected chi connectivity index (χ3v) is 0.830. The smallest absolute Gasteiger partial charge is 0.119 e. The maximum absolute atomic E-state index is 8.65. The summed E-state index contributed by atoms with van der Waals surface area (Å²) in [5.74, 6) is 0.176. The predicted octanol–water partition coefficient (Wildman–Crippen LogP) is -0.0861. The van der Waals surface area contributed by atoms with Gasteiger partial charge >= 0.3 is 0 Å². The van der Waals surface area contributed by atoms with E-state index in [9.17, 15) is 0 Å². The summed E-state index contributed by atoms with van der Waals surface area (Å²) < 4.78 is 0. The van der Waals surface area contributed by atoms with Gasteiger partial charge in [-0.1, -0.05) is 6.07 Å². The van der Waals surface area contributed by atoms with Gasteiger partial charge in [0.05, 0.1) is 8.41 Å². The van der Waals surface area contributed by atoms with Crippen LogP contribution in [0.4, 0.5) is 0 Å². The van der Waals surface area contributed by atoms with Gasteiger partial charge in [-0.2, -0.15) is 0 Å². The van der Waals surface area contributed by atoms with Gasteiger partial charge in [0.1, 0.15) is 11.5 Å². The van der Waals surface area contributed by atoms with Crippen LogP contribution in [-0.4, -0.2) is 18.6 Å². The Morgan fingerprint density at radius 3 is 1.67 bits per heavy atom. The van der Waals surface area contributed by atoms with E-state index in [0.29, 0.717) is 0 Å². The Morgan fingerprint density at radius 1 is 1.00 bits per heavy atom. The predicted molar refractivity (Wildman–Crippen MR) is 39.7 cm³/mol. The molecule has 0 saturated heterocycles. The molecular formula is C6H9BO2. The van der Waals surface area contributed by atoms with Crippen LogP contribution in [0.1, 0.15) is 0 Å². The number of aromatic hydroxyl groups is 2. The molecule has 2 N–H and O–H groups in total. The van der Waals surface area contributed by atoms with Crippen LogP contribution in [0, 0.1) is 0 Å². The van der Waals surface area contributed by atoms with Crippen molar-refractivity contribution in [3.05, 3.63) is 24.3 Å². The molecule has 3 heteroatoms. The van der Waals surface area contributed by atoms with Crippen molar-refractivity contribution in [2.45, 2.75) is 0 Å². The number of benzene rings is 1. The molecule has 0 saturated carbocycles. The van der Waals surface area contributed by atoms with Crippen molar-refractivity contribution < 1.29 is 10.2 Å². The highest BCUT2D eigenvalue weighted by Gasteiger charge is 1.85. The summed E-state index contributed by atoms with van der Waals surface area (Å²) in [4.78, 5) is 0. The first kappa shape index (κ1) is 7.88. The molecule has 0 aliphatic carbocycles. The first-order valence-electron chi connectivity index (χ1n) is 2.27. The van der Waals surface area contributed by atoms with Gasteiger partial charge in [0, 0.05) is 6.07 Å². The van der Waals surface area contributed by atoms with Crippen molar-refractivity contribution in [2.75, 3.05) is 0 Å². The van der Waals surface area contributed by atoms with E-state index in [-0.39, 0.29) is 19.9 Å². The second kappa shape index (κ2) is 3.02. The van der Waals surface area contributed by atoms with E-state index in [0.717, 1.165) is 0 Å². The van der Waals surface area contributed by atoms with Crippen LogP contribution in [0.5, 0.6) is 11.5 Å². The summed E-state index contributed by atoms with van der Waals surface area (Å²) in [6.45, 7) is 0. The van der Waals surface area contributed by atoms with E-state index in [1.54, 1.807) is 6.07 Å². The quantitative estimate of drug-likeness (QED) is 0.474. The maximum atomic E-state index is 8.65. The van der Waals surface area contributed by atoms with E-state index in [1.807, 2.05) is 0 Å². The molecule has 2 nitrogen and oxygen atoms in total. The Hall–Kier alpha value is -1.12.